The first-order chi connectivity index (χ1) is 15.1. The van der Waals surface area contributed by atoms with Gasteiger partial charge < -0.3 is 24.1 Å². The number of rotatable bonds is 6. The van der Waals surface area contributed by atoms with Crippen LogP contribution in [-0.4, -0.2) is 32.6 Å². The average molecular weight is 418 g/mol. The van der Waals surface area contributed by atoms with Gasteiger partial charge in [0, 0.05) is 35.6 Å². The van der Waals surface area contributed by atoms with E-state index in [-0.39, 0.29) is 11.8 Å². The molecule has 2 aromatic carbocycles. The molecule has 31 heavy (non-hydrogen) atoms. The van der Waals surface area contributed by atoms with Gasteiger partial charge in [-0.1, -0.05) is 0 Å². The fourth-order valence-electron chi connectivity index (χ4n) is 3.54. The van der Waals surface area contributed by atoms with E-state index in [0.29, 0.717) is 29.3 Å². The van der Waals surface area contributed by atoms with Gasteiger partial charge in [-0.25, -0.2) is 0 Å². The van der Waals surface area contributed by atoms with Crippen molar-refractivity contribution in [2.24, 2.45) is 0 Å². The van der Waals surface area contributed by atoms with E-state index in [0.717, 1.165) is 23.2 Å². The molecule has 2 amide bonds. The zero-order valence-corrected chi connectivity index (χ0v) is 17.3. The lowest BCUT2D eigenvalue weighted by molar-refractivity contribution is -0.111. The van der Waals surface area contributed by atoms with E-state index in [9.17, 15) is 9.59 Å². The smallest absolute Gasteiger partial charge is 0.261 e. The Morgan fingerprint density at radius 3 is 2.71 bits per heavy atom. The van der Waals surface area contributed by atoms with Crippen molar-refractivity contribution in [3.05, 3.63) is 77.8 Å². The molecule has 3 aromatic rings. The number of carbonyl (C=O) groups excluding carboxylic acids is 2. The van der Waals surface area contributed by atoms with E-state index in [4.69, 9.17) is 13.9 Å². The number of ether oxygens (including phenoxy) is 2. The highest BCUT2D eigenvalue weighted by atomic mass is 16.5. The summed E-state index contributed by atoms with van der Waals surface area (Å²) >= 11 is 0. The van der Waals surface area contributed by atoms with Gasteiger partial charge in [-0.05, 0) is 54.5 Å². The first-order valence-corrected chi connectivity index (χ1v) is 9.77. The van der Waals surface area contributed by atoms with Crippen molar-refractivity contribution in [1.29, 1.82) is 0 Å². The Bertz CT molecular complexity index is 1130. The highest BCUT2D eigenvalue weighted by molar-refractivity contribution is 6.07. The van der Waals surface area contributed by atoms with E-state index in [1.807, 2.05) is 18.2 Å². The summed E-state index contributed by atoms with van der Waals surface area (Å²) in [5, 5.41) is 2.86. The minimum atomic E-state index is -0.262. The van der Waals surface area contributed by atoms with Gasteiger partial charge in [0.05, 0.1) is 26.0 Å². The molecule has 7 nitrogen and oxygen atoms in total. The normalized spacial score (nSPS) is 12.6. The number of hydrogen-bond donors (Lipinski definition) is 1. The van der Waals surface area contributed by atoms with Crippen LogP contribution in [0.25, 0.3) is 6.08 Å². The minimum absolute atomic E-state index is 0.0966. The molecule has 0 unspecified atom stereocenters. The molecule has 0 saturated heterocycles. The fourth-order valence-corrected chi connectivity index (χ4v) is 3.54. The number of nitrogens with zero attached hydrogens (tertiary/aromatic N) is 1. The lowest BCUT2D eigenvalue weighted by Gasteiger charge is -2.16. The van der Waals surface area contributed by atoms with Crippen LogP contribution < -0.4 is 19.7 Å². The second-order valence-corrected chi connectivity index (χ2v) is 6.99. The highest BCUT2D eigenvalue weighted by Gasteiger charge is 2.26. The first kappa shape index (κ1) is 20.3. The van der Waals surface area contributed by atoms with Crippen LogP contribution in [-0.2, 0) is 11.2 Å². The topological polar surface area (TPSA) is 81.0 Å². The molecular weight excluding hydrogens is 396 g/mol. The molecule has 0 radical (unpaired) electrons. The Morgan fingerprint density at radius 2 is 1.97 bits per heavy atom. The van der Waals surface area contributed by atoms with Gasteiger partial charge in [0.25, 0.3) is 5.91 Å². The molecule has 158 valence electrons. The Hall–Kier alpha value is -4.00. The molecule has 2 heterocycles. The van der Waals surface area contributed by atoms with E-state index in [1.165, 1.54) is 18.6 Å². The van der Waals surface area contributed by atoms with Gasteiger partial charge >= 0.3 is 0 Å². The molecule has 0 bridgehead atoms. The molecular formula is C24H22N2O5. The SMILES string of the molecule is COc1ccc(/C=C/C(=O)Nc2ccc3c(c2)CCN3C(=O)c2ccoc2)c(OC)c1. The monoisotopic (exact) mass is 418 g/mol. The van der Waals surface area contributed by atoms with Crippen LogP contribution in [0.4, 0.5) is 11.4 Å². The quantitative estimate of drug-likeness (QED) is 0.608. The average Bonchev–Trinajstić information content (AvgIpc) is 3.47. The maximum absolute atomic E-state index is 12.6. The number of benzene rings is 2. The standard InChI is InChI=1S/C24H22N2O5/c1-29-20-6-3-16(22(14-20)30-2)4-8-23(27)25-19-5-7-21-17(13-19)9-11-26(21)24(28)18-10-12-31-15-18/h3-8,10,12-15H,9,11H2,1-2H3,(H,25,27)/b8-4+. The molecule has 0 spiro atoms. The van der Waals surface area contributed by atoms with Gasteiger partial charge in [0.2, 0.25) is 5.91 Å². The summed E-state index contributed by atoms with van der Waals surface area (Å²) in [5.41, 5.74) is 3.82. The van der Waals surface area contributed by atoms with Crippen molar-refractivity contribution in [3.8, 4) is 11.5 Å². The van der Waals surface area contributed by atoms with Gasteiger partial charge in [0.15, 0.2) is 0 Å². The Balaban J connectivity index is 1.44. The van der Waals surface area contributed by atoms with E-state index < -0.39 is 0 Å². The molecule has 0 aliphatic carbocycles. The highest BCUT2D eigenvalue weighted by Crippen LogP contribution is 2.32. The van der Waals surface area contributed by atoms with E-state index >= 15 is 0 Å². The van der Waals surface area contributed by atoms with Crippen molar-refractivity contribution >= 4 is 29.3 Å². The Labute approximate surface area is 179 Å². The fraction of sp³-hybridized carbons (Fsp3) is 0.167. The number of fused-ring (bicyclic) bond motifs is 1. The summed E-state index contributed by atoms with van der Waals surface area (Å²) < 4.78 is 15.5. The van der Waals surface area contributed by atoms with Crippen molar-refractivity contribution in [2.75, 3.05) is 31.0 Å². The van der Waals surface area contributed by atoms with Crippen LogP contribution in [0.5, 0.6) is 11.5 Å². The van der Waals surface area contributed by atoms with Crippen LogP contribution in [0, 0.1) is 0 Å². The molecule has 1 aromatic heterocycles. The maximum Gasteiger partial charge on any atom is 0.261 e. The van der Waals surface area contributed by atoms with E-state index in [1.54, 1.807) is 49.5 Å². The van der Waals surface area contributed by atoms with Crippen molar-refractivity contribution in [3.63, 3.8) is 0 Å². The molecule has 1 aliphatic rings. The number of anilines is 2. The Morgan fingerprint density at radius 1 is 1.10 bits per heavy atom. The zero-order valence-electron chi connectivity index (χ0n) is 17.3. The van der Waals surface area contributed by atoms with Crippen molar-refractivity contribution < 1.29 is 23.5 Å². The third kappa shape index (κ3) is 4.30. The number of amides is 2. The second kappa shape index (κ2) is 8.79. The lowest BCUT2D eigenvalue weighted by Crippen LogP contribution is -2.28. The number of nitrogens with one attached hydrogen (secondary N) is 1. The number of carbonyl (C=O) groups is 2. The van der Waals surface area contributed by atoms with Crippen molar-refractivity contribution in [1.82, 2.24) is 0 Å². The van der Waals surface area contributed by atoms with Crippen LogP contribution in [0.1, 0.15) is 21.5 Å². The predicted octanol–water partition coefficient (Wildman–Crippen LogP) is 4.15. The largest absolute Gasteiger partial charge is 0.497 e. The summed E-state index contributed by atoms with van der Waals surface area (Å²) in [6.07, 6.45) is 6.79. The maximum atomic E-state index is 12.6. The van der Waals surface area contributed by atoms with Gasteiger partial charge in [0.1, 0.15) is 17.8 Å². The molecule has 1 N–H and O–H groups in total. The molecule has 0 atom stereocenters. The van der Waals surface area contributed by atoms with Crippen molar-refractivity contribution in [2.45, 2.75) is 6.42 Å². The number of hydrogen-bond acceptors (Lipinski definition) is 5. The zero-order chi connectivity index (χ0) is 21.8. The van der Waals surface area contributed by atoms with Crippen LogP contribution in [0.15, 0.2) is 65.5 Å². The lowest BCUT2D eigenvalue weighted by atomic mass is 10.1. The number of furan rings is 1. The minimum Gasteiger partial charge on any atom is -0.497 e. The molecule has 1 aliphatic heterocycles. The summed E-state index contributed by atoms with van der Waals surface area (Å²) in [4.78, 5) is 26.7. The summed E-state index contributed by atoms with van der Waals surface area (Å²) in [7, 11) is 3.15. The third-order valence-corrected chi connectivity index (χ3v) is 5.11. The third-order valence-electron chi connectivity index (χ3n) is 5.11. The molecule has 0 fully saturated rings. The van der Waals surface area contributed by atoms with Gasteiger partial charge in [-0.15, -0.1) is 0 Å². The van der Waals surface area contributed by atoms with Crippen LogP contribution >= 0.6 is 0 Å². The predicted molar refractivity (Wildman–Crippen MR) is 118 cm³/mol. The van der Waals surface area contributed by atoms with Crippen LogP contribution in [0.3, 0.4) is 0 Å². The van der Waals surface area contributed by atoms with E-state index in [2.05, 4.69) is 5.32 Å². The summed E-state index contributed by atoms with van der Waals surface area (Å²) in [6.45, 7) is 0.591. The number of methoxy groups -OCH3 is 2. The molecule has 4 rings (SSSR count). The molecule has 7 heteroatoms. The van der Waals surface area contributed by atoms with Crippen LogP contribution in [0.2, 0.25) is 0 Å². The second-order valence-electron chi connectivity index (χ2n) is 6.99. The Kier molecular flexibility index (Phi) is 5.75. The van der Waals surface area contributed by atoms with Gasteiger partial charge in [-0.2, -0.15) is 0 Å². The summed E-state index contributed by atoms with van der Waals surface area (Å²) in [5.74, 6) is 0.933. The van der Waals surface area contributed by atoms with Gasteiger partial charge in [-0.3, -0.25) is 9.59 Å². The molecule has 0 saturated carbocycles. The summed E-state index contributed by atoms with van der Waals surface area (Å²) in [6, 6.07) is 12.6. The first-order valence-electron chi connectivity index (χ1n) is 9.77.